The Kier molecular flexibility index (Phi) is 4.89. The number of alkyl halides is 3. The lowest BCUT2D eigenvalue weighted by atomic mass is 10.2. The number of imidazole rings is 1. The number of aromatic nitrogens is 2. The zero-order valence-corrected chi connectivity index (χ0v) is 11.6. The first kappa shape index (κ1) is 15.4. The lowest BCUT2D eigenvalue weighted by molar-refractivity contribution is -0.0328. The number of rotatable bonds is 5. The molecule has 21 heavy (non-hydrogen) atoms. The van der Waals surface area contributed by atoms with Gasteiger partial charge in [-0.2, -0.15) is 13.2 Å². The zero-order chi connectivity index (χ0) is 15.3. The van der Waals surface area contributed by atoms with Gasteiger partial charge in [0.05, 0.1) is 11.9 Å². The van der Waals surface area contributed by atoms with Crippen LogP contribution in [0.4, 0.5) is 13.2 Å². The standard InChI is InChI=1S/C13H12F3N3OS/c14-13(15,16)21-11-4-2-1-3-10(11)12(20)18-6-5-9-7-17-8-19-9/h1-4,7-8H,5-6H2,(H,17,19)(H,18,20). The highest BCUT2D eigenvalue weighted by Crippen LogP contribution is 2.38. The number of H-pyrrole nitrogens is 1. The van der Waals surface area contributed by atoms with Gasteiger partial charge in [0.25, 0.3) is 5.91 Å². The van der Waals surface area contributed by atoms with Crippen LogP contribution < -0.4 is 5.32 Å². The van der Waals surface area contributed by atoms with Gasteiger partial charge < -0.3 is 10.3 Å². The number of hydrogen-bond acceptors (Lipinski definition) is 3. The van der Waals surface area contributed by atoms with E-state index in [4.69, 9.17) is 0 Å². The quantitative estimate of drug-likeness (QED) is 0.834. The van der Waals surface area contributed by atoms with Gasteiger partial charge in [0.15, 0.2) is 0 Å². The van der Waals surface area contributed by atoms with Crippen molar-refractivity contribution in [2.75, 3.05) is 6.54 Å². The molecule has 0 bridgehead atoms. The predicted octanol–water partition coefficient (Wildman–Crippen LogP) is 2.99. The summed E-state index contributed by atoms with van der Waals surface area (Å²) >= 11 is -0.290. The molecule has 2 rings (SSSR count). The Bertz CT molecular complexity index is 599. The SMILES string of the molecule is O=C(NCCc1cnc[nH]1)c1ccccc1SC(F)(F)F. The maximum absolute atomic E-state index is 12.4. The van der Waals surface area contributed by atoms with Gasteiger partial charge in [0, 0.05) is 29.8 Å². The molecular formula is C13H12F3N3OS. The maximum atomic E-state index is 12.4. The van der Waals surface area contributed by atoms with Gasteiger partial charge >= 0.3 is 5.51 Å². The minimum Gasteiger partial charge on any atom is -0.352 e. The van der Waals surface area contributed by atoms with Crippen molar-refractivity contribution in [2.45, 2.75) is 16.8 Å². The van der Waals surface area contributed by atoms with E-state index in [0.29, 0.717) is 13.0 Å². The molecule has 0 radical (unpaired) electrons. The first-order valence-electron chi connectivity index (χ1n) is 6.06. The van der Waals surface area contributed by atoms with Gasteiger partial charge in [0.2, 0.25) is 0 Å². The summed E-state index contributed by atoms with van der Waals surface area (Å²) in [5, 5.41) is 2.60. The second kappa shape index (κ2) is 6.66. The topological polar surface area (TPSA) is 57.8 Å². The summed E-state index contributed by atoms with van der Waals surface area (Å²) in [6.07, 6.45) is 3.67. The minimum absolute atomic E-state index is 0.0180. The number of nitrogens with one attached hydrogen (secondary N) is 2. The van der Waals surface area contributed by atoms with E-state index in [-0.39, 0.29) is 22.2 Å². The third kappa shape index (κ3) is 4.82. The summed E-state index contributed by atoms with van der Waals surface area (Å²) in [7, 11) is 0. The van der Waals surface area contributed by atoms with Crippen LogP contribution in [-0.4, -0.2) is 27.9 Å². The third-order valence-electron chi connectivity index (χ3n) is 2.59. The van der Waals surface area contributed by atoms with Crippen LogP contribution in [0.1, 0.15) is 16.1 Å². The van der Waals surface area contributed by atoms with Gasteiger partial charge in [-0.15, -0.1) is 0 Å². The number of carbonyl (C=O) groups is 1. The molecule has 1 aromatic carbocycles. The Morgan fingerprint density at radius 1 is 1.33 bits per heavy atom. The highest BCUT2D eigenvalue weighted by atomic mass is 32.2. The molecule has 0 saturated carbocycles. The van der Waals surface area contributed by atoms with Crippen LogP contribution >= 0.6 is 11.8 Å². The van der Waals surface area contributed by atoms with Crippen LogP contribution in [0.25, 0.3) is 0 Å². The smallest absolute Gasteiger partial charge is 0.352 e. The Hall–Kier alpha value is -1.96. The van der Waals surface area contributed by atoms with E-state index in [9.17, 15) is 18.0 Å². The van der Waals surface area contributed by atoms with Crippen molar-refractivity contribution in [3.05, 3.63) is 48.0 Å². The normalized spacial score (nSPS) is 11.4. The predicted molar refractivity (Wildman–Crippen MR) is 73.0 cm³/mol. The van der Waals surface area contributed by atoms with Crippen LogP contribution in [0.3, 0.4) is 0 Å². The van der Waals surface area contributed by atoms with Crippen LogP contribution in [0.2, 0.25) is 0 Å². The maximum Gasteiger partial charge on any atom is 0.446 e. The van der Waals surface area contributed by atoms with Gasteiger partial charge in [-0.25, -0.2) is 4.98 Å². The van der Waals surface area contributed by atoms with E-state index < -0.39 is 11.4 Å². The van der Waals surface area contributed by atoms with Crippen LogP contribution in [-0.2, 0) is 6.42 Å². The van der Waals surface area contributed by atoms with Crippen LogP contribution in [0, 0.1) is 0 Å². The molecule has 0 saturated heterocycles. The molecular weight excluding hydrogens is 303 g/mol. The van der Waals surface area contributed by atoms with Crippen molar-refractivity contribution in [1.29, 1.82) is 0 Å². The molecule has 0 aliphatic heterocycles. The third-order valence-corrected chi connectivity index (χ3v) is 3.40. The van der Waals surface area contributed by atoms with E-state index >= 15 is 0 Å². The summed E-state index contributed by atoms with van der Waals surface area (Å²) < 4.78 is 37.3. The number of hydrogen-bond donors (Lipinski definition) is 2. The van der Waals surface area contributed by atoms with E-state index in [2.05, 4.69) is 15.3 Å². The molecule has 0 atom stereocenters. The molecule has 1 aromatic heterocycles. The van der Waals surface area contributed by atoms with E-state index in [1.807, 2.05) is 0 Å². The highest BCUT2D eigenvalue weighted by Gasteiger charge is 2.31. The van der Waals surface area contributed by atoms with Gasteiger partial charge in [-0.05, 0) is 23.9 Å². The molecule has 0 aliphatic rings. The molecule has 1 amide bonds. The molecule has 8 heteroatoms. The molecule has 2 N–H and O–H groups in total. The fourth-order valence-electron chi connectivity index (χ4n) is 1.70. The number of halogens is 3. The summed E-state index contributed by atoms with van der Waals surface area (Å²) in [6, 6.07) is 5.65. The molecule has 0 spiro atoms. The van der Waals surface area contributed by atoms with Crippen molar-refractivity contribution >= 4 is 17.7 Å². The largest absolute Gasteiger partial charge is 0.446 e. The second-order valence-electron chi connectivity index (χ2n) is 4.13. The number of amides is 1. The zero-order valence-electron chi connectivity index (χ0n) is 10.8. The first-order valence-corrected chi connectivity index (χ1v) is 6.87. The van der Waals surface area contributed by atoms with Crippen molar-refractivity contribution in [1.82, 2.24) is 15.3 Å². The van der Waals surface area contributed by atoms with E-state index in [1.165, 1.54) is 30.6 Å². The summed E-state index contributed by atoms with van der Waals surface area (Å²) in [4.78, 5) is 18.6. The van der Waals surface area contributed by atoms with Crippen LogP contribution in [0.5, 0.6) is 0 Å². The Balaban J connectivity index is 1.98. The Morgan fingerprint density at radius 3 is 2.76 bits per heavy atom. The average molecular weight is 315 g/mol. The van der Waals surface area contributed by atoms with Gasteiger partial charge in [0.1, 0.15) is 0 Å². The number of aromatic amines is 1. The Labute approximate surface area is 123 Å². The lowest BCUT2D eigenvalue weighted by Crippen LogP contribution is -2.26. The van der Waals surface area contributed by atoms with Gasteiger partial charge in [-0.3, -0.25) is 4.79 Å². The molecule has 0 fully saturated rings. The monoisotopic (exact) mass is 315 g/mol. The van der Waals surface area contributed by atoms with Crippen molar-refractivity contribution in [3.8, 4) is 0 Å². The average Bonchev–Trinajstić information content (AvgIpc) is 2.90. The number of benzene rings is 1. The van der Waals surface area contributed by atoms with Crippen LogP contribution in [0.15, 0.2) is 41.7 Å². The van der Waals surface area contributed by atoms with Gasteiger partial charge in [-0.1, -0.05) is 12.1 Å². The summed E-state index contributed by atoms with van der Waals surface area (Å²) in [5.41, 5.74) is -3.57. The lowest BCUT2D eigenvalue weighted by Gasteiger charge is -2.11. The molecule has 1 heterocycles. The molecule has 2 aromatic rings. The number of carbonyl (C=O) groups excluding carboxylic acids is 1. The van der Waals surface area contributed by atoms with E-state index in [1.54, 1.807) is 6.20 Å². The first-order chi connectivity index (χ1) is 9.96. The van der Waals surface area contributed by atoms with E-state index in [0.717, 1.165) is 5.69 Å². The summed E-state index contributed by atoms with van der Waals surface area (Å²) in [6.45, 7) is 0.312. The van der Waals surface area contributed by atoms with Crippen molar-refractivity contribution < 1.29 is 18.0 Å². The van der Waals surface area contributed by atoms with Crippen molar-refractivity contribution in [3.63, 3.8) is 0 Å². The van der Waals surface area contributed by atoms with Crippen molar-refractivity contribution in [2.24, 2.45) is 0 Å². The fraction of sp³-hybridized carbons (Fsp3) is 0.231. The minimum atomic E-state index is -4.42. The molecule has 0 unspecified atom stereocenters. The second-order valence-corrected chi connectivity index (χ2v) is 5.23. The fourth-order valence-corrected chi connectivity index (χ4v) is 2.36. The molecule has 0 aliphatic carbocycles. The number of nitrogens with zero attached hydrogens (tertiary/aromatic N) is 1. The Morgan fingerprint density at radius 2 is 2.10 bits per heavy atom. The molecule has 4 nitrogen and oxygen atoms in total. The highest BCUT2D eigenvalue weighted by molar-refractivity contribution is 8.00. The number of thioether (sulfide) groups is 1. The summed E-state index contributed by atoms with van der Waals surface area (Å²) in [5.74, 6) is -0.526. The molecule has 112 valence electrons.